The summed E-state index contributed by atoms with van der Waals surface area (Å²) >= 11 is 0. The molecule has 1 saturated heterocycles. The monoisotopic (exact) mass is 372 g/mol. The van der Waals surface area contributed by atoms with E-state index < -0.39 is 5.97 Å². The maximum atomic E-state index is 12.8. The second kappa shape index (κ2) is 8.20. The third-order valence-corrected chi connectivity index (χ3v) is 4.44. The van der Waals surface area contributed by atoms with Crippen LogP contribution in [0.2, 0.25) is 0 Å². The van der Waals surface area contributed by atoms with Gasteiger partial charge in [0.15, 0.2) is 5.82 Å². The quantitative estimate of drug-likeness (QED) is 0.803. The van der Waals surface area contributed by atoms with Crippen LogP contribution in [-0.4, -0.2) is 40.2 Å². The van der Waals surface area contributed by atoms with Crippen molar-refractivity contribution in [2.75, 3.05) is 18.5 Å². The molecule has 3 rings (SSSR count). The van der Waals surface area contributed by atoms with Crippen LogP contribution in [0.4, 0.5) is 10.5 Å². The number of amides is 2. The summed E-state index contributed by atoms with van der Waals surface area (Å²) in [6, 6.07) is 6.22. The fourth-order valence-corrected chi connectivity index (χ4v) is 3.05. The molecule has 1 aliphatic heterocycles. The molecule has 27 heavy (non-hydrogen) atoms. The van der Waals surface area contributed by atoms with Crippen LogP contribution in [0.15, 0.2) is 28.8 Å². The molecule has 8 heteroatoms. The third kappa shape index (κ3) is 4.10. The maximum Gasteiger partial charge on any atom is 0.340 e. The van der Waals surface area contributed by atoms with Crippen molar-refractivity contribution in [1.29, 1.82) is 0 Å². The molecule has 2 aromatic rings. The SMILES string of the molecule is CCOC(=O)c1ccccc1NC(=O)N1CCC[C@H]1c1nc(C(C)C)no1. The van der Waals surface area contributed by atoms with Gasteiger partial charge in [0.25, 0.3) is 0 Å². The second-order valence-electron chi connectivity index (χ2n) is 6.69. The van der Waals surface area contributed by atoms with Crippen LogP contribution in [0.3, 0.4) is 0 Å². The van der Waals surface area contributed by atoms with Crippen LogP contribution in [0.1, 0.15) is 67.6 Å². The number of para-hydroxylation sites is 1. The van der Waals surface area contributed by atoms with Crippen LogP contribution >= 0.6 is 0 Å². The molecular formula is C19H24N4O4. The summed E-state index contributed by atoms with van der Waals surface area (Å²) < 4.78 is 10.4. The average molecular weight is 372 g/mol. The number of hydrogen-bond acceptors (Lipinski definition) is 6. The van der Waals surface area contributed by atoms with Crippen molar-refractivity contribution in [2.24, 2.45) is 0 Å². The van der Waals surface area contributed by atoms with Crippen molar-refractivity contribution in [3.8, 4) is 0 Å². The molecule has 1 aliphatic rings. The predicted octanol–water partition coefficient (Wildman–Crippen LogP) is 3.74. The fraction of sp³-hybridized carbons (Fsp3) is 0.474. The Morgan fingerprint density at radius 1 is 1.37 bits per heavy atom. The number of urea groups is 1. The van der Waals surface area contributed by atoms with E-state index in [1.165, 1.54) is 0 Å². The van der Waals surface area contributed by atoms with E-state index in [0.29, 0.717) is 29.5 Å². The Kier molecular flexibility index (Phi) is 5.73. The van der Waals surface area contributed by atoms with Crippen molar-refractivity contribution < 1.29 is 18.8 Å². The Bertz CT molecular complexity index is 818. The van der Waals surface area contributed by atoms with Crippen molar-refractivity contribution in [2.45, 2.75) is 45.6 Å². The van der Waals surface area contributed by atoms with E-state index in [4.69, 9.17) is 9.26 Å². The van der Waals surface area contributed by atoms with Gasteiger partial charge in [-0.15, -0.1) is 0 Å². The molecule has 0 aliphatic carbocycles. The Hall–Kier alpha value is -2.90. The molecule has 1 aromatic carbocycles. The predicted molar refractivity (Wildman–Crippen MR) is 98.5 cm³/mol. The van der Waals surface area contributed by atoms with Crippen LogP contribution in [-0.2, 0) is 4.74 Å². The van der Waals surface area contributed by atoms with Gasteiger partial charge in [-0.25, -0.2) is 9.59 Å². The molecule has 0 radical (unpaired) electrons. The molecule has 0 bridgehead atoms. The number of rotatable bonds is 5. The topological polar surface area (TPSA) is 97.6 Å². The van der Waals surface area contributed by atoms with E-state index in [1.807, 2.05) is 13.8 Å². The number of benzene rings is 1. The summed E-state index contributed by atoms with van der Waals surface area (Å²) in [4.78, 5) is 31.0. The van der Waals surface area contributed by atoms with E-state index in [1.54, 1.807) is 36.1 Å². The van der Waals surface area contributed by atoms with Crippen molar-refractivity contribution in [3.05, 3.63) is 41.5 Å². The van der Waals surface area contributed by atoms with Gasteiger partial charge in [0.05, 0.1) is 17.9 Å². The van der Waals surface area contributed by atoms with Crippen LogP contribution in [0.5, 0.6) is 0 Å². The smallest absolute Gasteiger partial charge is 0.340 e. The standard InChI is InChI=1S/C19H24N4O4/c1-4-26-18(24)13-8-5-6-9-14(13)20-19(25)23-11-7-10-15(23)17-21-16(12(2)3)22-27-17/h5-6,8-9,12,15H,4,7,10-11H2,1-3H3,(H,20,25)/t15-/m0/s1. The number of anilines is 1. The zero-order chi connectivity index (χ0) is 19.4. The van der Waals surface area contributed by atoms with E-state index in [-0.39, 0.29) is 24.6 Å². The molecule has 1 N–H and O–H groups in total. The average Bonchev–Trinajstić information content (AvgIpc) is 3.31. The van der Waals surface area contributed by atoms with E-state index >= 15 is 0 Å². The molecule has 0 unspecified atom stereocenters. The number of esters is 1. The summed E-state index contributed by atoms with van der Waals surface area (Å²) in [6.07, 6.45) is 1.60. The zero-order valence-electron chi connectivity index (χ0n) is 15.8. The minimum atomic E-state index is -0.468. The van der Waals surface area contributed by atoms with Crippen molar-refractivity contribution >= 4 is 17.7 Å². The van der Waals surface area contributed by atoms with Gasteiger partial charge in [-0.2, -0.15) is 4.98 Å². The first-order valence-electron chi connectivity index (χ1n) is 9.18. The summed E-state index contributed by atoms with van der Waals surface area (Å²) in [6.45, 7) is 6.56. The van der Waals surface area contributed by atoms with E-state index in [9.17, 15) is 9.59 Å². The number of carbonyl (C=O) groups is 2. The Labute approximate surface area is 157 Å². The normalized spacial score (nSPS) is 16.6. The first-order chi connectivity index (χ1) is 13.0. The third-order valence-electron chi connectivity index (χ3n) is 4.44. The summed E-state index contributed by atoms with van der Waals surface area (Å²) in [7, 11) is 0. The lowest BCUT2D eigenvalue weighted by Crippen LogP contribution is -2.35. The lowest BCUT2D eigenvalue weighted by atomic mass is 10.2. The summed E-state index contributed by atoms with van der Waals surface area (Å²) in [5.41, 5.74) is 0.739. The number of ether oxygens (including phenoxy) is 1. The molecule has 1 fully saturated rings. The first kappa shape index (κ1) is 18.9. The largest absolute Gasteiger partial charge is 0.462 e. The molecule has 2 heterocycles. The highest BCUT2D eigenvalue weighted by molar-refractivity contribution is 6.00. The number of aromatic nitrogens is 2. The highest BCUT2D eigenvalue weighted by Gasteiger charge is 2.34. The molecule has 1 atom stereocenters. The molecule has 1 aromatic heterocycles. The summed E-state index contributed by atoms with van der Waals surface area (Å²) in [5, 5.41) is 6.81. The van der Waals surface area contributed by atoms with Crippen molar-refractivity contribution in [1.82, 2.24) is 15.0 Å². The van der Waals surface area contributed by atoms with Crippen LogP contribution in [0.25, 0.3) is 0 Å². The highest BCUT2D eigenvalue weighted by atomic mass is 16.5. The van der Waals surface area contributed by atoms with E-state index in [0.717, 1.165) is 12.8 Å². The number of nitrogens with zero attached hydrogens (tertiary/aromatic N) is 3. The van der Waals surface area contributed by atoms with Gasteiger partial charge in [0.2, 0.25) is 5.89 Å². The Morgan fingerprint density at radius 3 is 2.85 bits per heavy atom. The second-order valence-corrected chi connectivity index (χ2v) is 6.69. The van der Waals surface area contributed by atoms with Gasteiger partial charge in [-0.3, -0.25) is 0 Å². The zero-order valence-corrected chi connectivity index (χ0v) is 15.8. The van der Waals surface area contributed by atoms with Crippen LogP contribution in [0, 0.1) is 0 Å². The number of hydrogen-bond donors (Lipinski definition) is 1. The molecule has 0 saturated carbocycles. The van der Waals surface area contributed by atoms with Gasteiger partial charge in [0.1, 0.15) is 6.04 Å². The lowest BCUT2D eigenvalue weighted by molar-refractivity contribution is 0.0527. The van der Waals surface area contributed by atoms with Gasteiger partial charge in [-0.05, 0) is 31.9 Å². The highest BCUT2D eigenvalue weighted by Crippen LogP contribution is 2.32. The van der Waals surface area contributed by atoms with Gasteiger partial charge in [0, 0.05) is 12.5 Å². The summed E-state index contributed by atoms with van der Waals surface area (Å²) in [5.74, 6) is 0.766. The fourth-order valence-electron chi connectivity index (χ4n) is 3.05. The molecular weight excluding hydrogens is 348 g/mol. The maximum absolute atomic E-state index is 12.8. The van der Waals surface area contributed by atoms with Gasteiger partial charge in [-0.1, -0.05) is 31.1 Å². The minimum Gasteiger partial charge on any atom is -0.462 e. The Balaban J connectivity index is 1.76. The first-order valence-corrected chi connectivity index (χ1v) is 9.18. The van der Waals surface area contributed by atoms with E-state index in [2.05, 4.69) is 15.5 Å². The molecule has 8 nitrogen and oxygen atoms in total. The van der Waals surface area contributed by atoms with Crippen molar-refractivity contribution in [3.63, 3.8) is 0 Å². The van der Waals surface area contributed by atoms with Gasteiger partial charge < -0.3 is 19.5 Å². The number of likely N-dealkylation sites (tertiary alicyclic amines) is 1. The number of nitrogens with one attached hydrogen (secondary N) is 1. The molecule has 144 valence electrons. The van der Waals surface area contributed by atoms with Crippen LogP contribution < -0.4 is 5.32 Å². The molecule has 0 spiro atoms. The minimum absolute atomic E-state index is 0.155. The van der Waals surface area contributed by atoms with Gasteiger partial charge >= 0.3 is 12.0 Å². The molecule has 2 amide bonds. The number of carbonyl (C=O) groups excluding carboxylic acids is 2. The Morgan fingerprint density at radius 2 is 2.15 bits per heavy atom. The lowest BCUT2D eigenvalue weighted by Gasteiger charge is -2.22.